The summed E-state index contributed by atoms with van der Waals surface area (Å²) < 4.78 is 1.53. The summed E-state index contributed by atoms with van der Waals surface area (Å²) in [4.78, 5) is 27.0. The Morgan fingerprint density at radius 2 is 1.88 bits per heavy atom. The number of amides is 1. The third-order valence-corrected chi connectivity index (χ3v) is 4.44. The van der Waals surface area contributed by atoms with Crippen LogP contribution in [-0.2, 0) is 13.6 Å². The van der Waals surface area contributed by atoms with Crippen LogP contribution in [0.5, 0.6) is 0 Å². The van der Waals surface area contributed by atoms with Crippen molar-refractivity contribution in [2.75, 3.05) is 13.2 Å². The lowest BCUT2D eigenvalue weighted by Crippen LogP contribution is -2.38. The number of carbonyl (C=O) groups excluding carboxylic acids is 1. The van der Waals surface area contributed by atoms with Crippen molar-refractivity contribution >= 4 is 5.91 Å². The lowest BCUT2D eigenvalue weighted by Gasteiger charge is -2.23. The second kappa shape index (κ2) is 8.12. The average molecular weight is 342 g/mol. The van der Waals surface area contributed by atoms with Crippen molar-refractivity contribution in [2.24, 2.45) is 7.05 Å². The summed E-state index contributed by atoms with van der Waals surface area (Å²) >= 11 is 0. The molecule has 0 fully saturated rings. The molecular weight excluding hydrogens is 316 g/mol. The molecule has 0 saturated heterocycles. The van der Waals surface area contributed by atoms with E-state index >= 15 is 0 Å². The molecule has 0 aliphatic carbocycles. The fourth-order valence-electron chi connectivity index (χ4n) is 2.93. The Labute approximate surface area is 148 Å². The van der Waals surface area contributed by atoms with Crippen molar-refractivity contribution in [1.29, 1.82) is 0 Å². The number of hydrogen-bond acceptors (Lipinski definition) is 3. The van der Waals surface area contributed by atoms with Gasteiger partial charge in [0.1, 0.15) is 5.56 Å². The van der Waals surface area contributed by atoms with E-state index in [4.69, 9.17) is 0 Å². The Hall–Kier alpha value is -2.40. The maximum absolute atomic E-state index is 12.9. The average Bonchev–Trinajstić information content (AvgIpc) is 2.57. The monoisotopic (exact) mass is 342 g/mol. The summed E-state index contributed by atoms with van der Waals surface area (Å²) in [7, 11) is 1.69. The fourth-order valence-corrected chi connectivity index (χ4v) is 2.93. The van der Waals surface area contributed by atoms with E-state index in [0.717, 1.165) is 16.8 Å². The third kappa shape index (κ3) is 4.17. The van der Waals surface area contributed by atoms with Crippen molar-refractivity contribution in [3.63, 3.8) is 0 Å². The van der Waals surface area contributed by atoms with Gasteiger partial charge in [0, 0.05) is 25.8 Å². The number of benzene rings is 1. The third-order valence-electron chi connectivity index (χ3n) is 4.44. The number of aromatic nitrogens is 1. The number of nitrogens with zero attached hydrogens (tertiary/aromatic N) is 2. The van der Waals surface area contributed by atoms with Crippen LogP contribution in [0.1, 0.15) is 46.9 Å². The van der Waals surface area contributed by atoms with Crippen LogP contribution in [0.25, 0.3) is 0 Å². The molecule has 1 aromatic carbocycles. The maximum Gasteiger partial charge on any atom is 0.263 e. The molecule has 0 unspecified atom stereocenters. The molecule has 25 heavy (non-hydrogen) atoms. The summed E-state index contributed by atoms with van der Waals surface area (Å²) in [5.74, 6) is -0.157. The number of aliphatic hydroxyl groups excluding tert-OH is 1. The van der Waals surface area contributed by atoms with E-state index in [1.165, 1.54) is 9.47 Å². The number of aliphatic hydroxyl groups is 1. The van der Waals surface area contributed by atoms with E-state index in [-0.39, 0.29) is 36.1 Å². The normalized spacial score (nSPS) is 11.0. The number of aryl methyl sites for hydroxylation is 1. The lowest BCUT2D eigenvalue weighted by atomic mass is 10.1. The summed E-state index contributed by atoms with van der Waals surface area (Å²) in [6.45, 7) is 6.39. The van der Waals surface area contributed by atoms with Gasteiger partial charge in [0.15, 0.2) is 0 Å². The molecule has 5 nitrogen and oxygen atoms in total. The number of rotatable bonds is 6. The highest BCUT2D eigenvalue weighted by molar-refractivity contribution is 5.93. The molecule has 1 aromatic heterocycles. The molecule has 0 aliphatic rings. The molecule has 0 spiro atoms. The van der Waals surface area contributed by atoms with Gasteiger partial charge in [-0.2, -0.15) is 0 Å². The van der Waals surface area contributed by atoms with Gasteiger partial charge in [-0.1, -0.05) is 38.1 Å². The van der Waals surface area contributed by atoms with Crippen LogP contribution in [0, 0.1) is 6.92 Å². The molecule has 0 saturated carbocycles. The Kier molecular flexibility index (Phi) is 6.15. The zero-order valence-electron chi connectivity index (χ0n) is 15.3. The minimum absolute atomic E-state index is 0.133. The van der Waals surface area contributed by atoms with Gasteiger partial charge in [0.2, 0.25) is 0 Å². The molecule has 1 N–H and O–H groups in total. The first-order valence-electron chi connectivity index (χ1n) is 8.51. The van der Waals surface area contributed by atoms with Crippen LogP contribution in [0.2, 0.25) is 0 Å². The number of pyridine rings is 1. The molecule has 2 rings (SSSR count). The largest absolute Gasteiger partial charge is 0.395 e. The molecule has 0 bridgehead atoms. The van der Waals surface area contributed by atoms with Gasteiger partial charge < -0.3 is 14.6 Å². The SMILES string of the molecule is Cc1ccccc1CN(CCO)C(=O)c1ccc(C(C)C)n(C)c1=O. The Bertz CT molecular complexity index is 809. The molecule has 2 aromatic rings. The summed E-state index contributed by atoms with van der Waals surface area (Å²) in [5, 5.41) is 9.34. The Morgan fingerprint density at radius 3 is 2.48 bits per heavy atom. The van der Waals surface area contributed by atoms with E-state index in [1.807, 2.05) is 51.1 Å². The molecule has 0 aliphatic heterocycles. The molecule has 1 amide bonds. The predicted molar refractivity (Wildman–Crippen MR) is 98.8 cm³/mol. The highest BCUT2D eigenvalue weighted by Gasteiger charge is 2.21. The van der Waals surface area contributed by atoms with Gasteiger partial charge in [0.05, 0.1) is 6.61 Å². The number of hydrogen-bond donors (Lipinski definition) is 1. The molecule has 5 heteroatoms. The van der Waals surface area contributed by atoms with Gasteiger partial charge in [-0.15, -0.1) is 0 Å². The van der Waals surface area contributed by atoms with Crippen molar-refractivity contribution in [3.05, 3.63) is 69.1 Å². The predicted octanol–water partition coefficient (Wildman–Crippen LogP) is 2.45. The van der Waals surface area contributed by atoms with Crippen molar-refractivity contribution in [2.45, 2.75) is 33.2 Å². The van der Waals surface area contributed by atoms with Crippen LogP contribution in [-0.4, -0.2) is 33.6 Å². The highest BCUT2D eigenvalue weighted by Crippen LogP contribution is 2.15. The second-order valence-electron chi connectivity index (χ2n) is 6.57. The van der Waals surface area contributed by atoms with E-state index < -0.39 is 0 Å². The van der Waals surface area contributed by atoms with Crippen molar-refractivity contribution in [3.8, 4) is 0 Å². The fraction of sp³-hybridized carbons (Fsp3) is 0.400. The molecule has 134 valence electrons. The molecule has 0 radical (unpaired) electrons. The topological polar surface area (TPSA) is 62.5 Å². The first-order valence-corrected chi connectivity index (χ1v) is 8.51. The van der Waals surface area contributed by atoms with E-state index in [0.29, 0.717) is 6.54 Å². The van der Waals surface area contributed by atoms with Crippen LogP contribution in [0.4, 0.5) is 0 Å². The Morgan fingerprint density at radius 1 is 1.20 bits per heavy atom. The highest BCUT2D eigenvalue weighted by atomic mass is 16.3. The van der Waals surface area contributed by atoms with Crippen LogP contribution >= 0.6 is 0 Å². The quantitative estimate of drug-likeness (QED) is 0.877. The molecular formula is C20H26N2O3. The zero-order chi connectivity index (χ0) is 18.6. The van der Waals surface area contributed by atoms with Crippen molar-refractivity contribution < 1.29 is 9.90 Å². The number of carbonyl (C=O) groups is 1. The lowest BCUT2D eigenvalue weighted by molar-refractivity contribution is 0.0705. The Balaban J connectivity index is 2.36. The van der Waals surface area contributed by atoms with Crippen LogP contribution in [0.3, 0.4) is 0 Å². The van der Waals surface area contributed by atoms with Gasteiger partial charge >= 0.3 is 0 Å². The zero-order valence-corrected chi connectivity index (χ0v) is 15.3. The molecule has 1 heterocycles. The smallest absolute Gasteiger partial charge is 0.263 e. The van der Waals surface area contributed by atoms with Gasteiger partial charge in [-0.25, -0.2) is 0 Å². The van der Waals surface area contributed by atoms with Gasteiger partial charge in [0.25, 0.3) is 11.5 Å². The standard InChI is InChI=1S/C20H26N2O3/c1-14(2)18-10-9-17(19(24)21(18)4)20(25)22(11-12-23)13-16-8-6-5-7-15(16)3/h5-10,14,23H,11-13H2,1-4H3. The second-order valence-corrected chi connectivity index (χ2v) is 6.57. The molecule has 0 atom stereocenters. The van der Waals surface area contributed by atoms with Crippen LogP contribution < -0.4 is 5.56 Å². The maximum atomic E-state index is 12.9. The van der Waals surface area contributed by atoms with E-state index in [9.17, 15) is 14.7 Å². The minimum Gasteiger partial charge on any atom is -0.395 e. The minimum atomic E-state index is -0.354. The van der Waals surface area contributed by atoms with E-state index in [1.54, 1.807) is 13.1 Å². The van der Waals surface area contributed by atoms with Gasteiger partial charge in [-0.3, -0.25) is 9.59 Å². The van der Waals surface area contributed by atoms with E-state index in [2.05, 4.69) is 0 Å². The van der Waals surface area contributed by atoms with Gasteiger partial charge in [-0.05, 0) is 36.1 Å². The van der Waals surface area contributed by atoms with Crippen LogP contribution in [0.15, 0.2) is 41.2 Å². The first-order chi connectivity index (χ1) is 11.9. The first kappa shape index (κ1) is 18.9. The van der Waals surface area contributed by atoms with Crippen molar-refractivity contribution in [1.82, 2.24) is 9.47 Å². The summed E-state index contributed by atoms with van der Waals surface area (Å²) in [6.07, 6.45) is 0. The summed E-state index contributed by atoms with van der Waals surface area (Å²) in [5.41, 5.74) is 2.79. The summed E-state index contributed by atoms with van der Waals surface area (Å²) in [6, 6.07) is 11.2.